The topological polar surface area (TPSA) is 39.1 Å². The summed E-state index contributed by atoms with van der Waals surface area (Å²) < 4.78 is 7.59. The lowest BCUT2D eigenvalue weighted by Crippen LogP contribution is -2.11. The molecular weight excluding hydrogens is 250 g/mol. The molecule has 0 unspecified atom stereocenters. The van der Waals surface area contributed by atoms with Gasteiger partial charge in [-0.15, -0.1) is 0 Å². The Bertz CT molecular complexity index is 361. The van der Waals surface area contributed by atoms with Crippen LogP contribution in [0.5, 0.6) is 0 Å². The summed E-state index contributed by atoms with van der Waals surface area (Å²) in [6.45, 7) is 12.2. The van der Waals surface area contributed by atoms with Crippen LogP contribution in [0.4, 0.5) is 5.95 Å². The first-order valence-corrected chi connectivity index (χ1v) is 7.98. The normalized spacial score (nSPS) is 11.2. The first kappa shape index (κ1) is 17.0. The maximum Gasteiger partial charge on any atom is 0.203 e. The lowest BCUT2D eigenvalue weighted by Gasteiger charge is -2.10. The number of anilines is 1. The molecule has 4 nitrogen and oxygen atoms in total. The van der Waals surface area contributed by atoms with Gasteiger partial charge in [0.1, 0.15) is 0 Å². The number of ether oxygens (including phenoxy) is 1. The molecule has 0 bridgehead atoms. The van der Waals surface area contributed by atoms with Crippen molar-refractivity contribution >= 4 is 5.95 Å². The average Bonchev–Trinajstić information content (AvgIpc) is 2.75. The van der Waals surface area contributed by atoms with Crippen molar-refractivity contribution in [3.05, 3.63) is 11.9 Å². The highest BCUT2D eigenvalue weighted by Gasteiger charge is 2.05. The van der Waals surface area contributed by atoms with E-state index in [-0.39, 0.29) is 0 Å². The summed E-state index contributed by atoms with van der Waals surface area (Å²) >= 11 is 0. The van der Waals surface area contributed by atoms with Gasteiger partial charge in [0.2, 0.25) is 5.95 Å². The SMILES string of the molecule is CCOCCCNc1nc(C)cn1CCCCC(C)C. The van der Waals surface area contributed by atoms with Crippen LogP contribution in [-0.4, -0.2) is 29.3 Å². The van der Waals surface area contributed by atoms with Crippen molar-refractivity contribution in [1.82, 2.24) is 9.55 Å². The fourth-order valence-corrected chi connectivity index (χ4v) is 2.21. The zero-order valence-corrected chi connectivity index (χ0v) is 13.6. The molecule has 20 heavy (non-hydrogen) atoms. The summed E-state index contributed by atoms with van der Waals surface area (Å²) in [5.41, 5.74) is 1.08. The number of hydrogen-bond acceptors (Lipinski definition) is 3. The number of nitrogens with one attached hydrogen (secondary N) is 1. The Balaban J connectivity index is 2.31. The van der Waals surface area contributed by atoms with Crippen molar-refractivity contribution in [1.29, 1.82) is 0 Å². The molecule has 4 heteroatoms. The fraction of sp³-hybridized carbons (Fsp3) is 0.812. The molecule has 1 rings (SSSR count). The third-order valence-corrected chi connectivity index (χ3v) is 3.28. The van der Waals surface area contributed by atoms with Crippen molar-refractivity contribution in [3.63, 3.8) is 0 Å². The van der Waals surface area contributed by atoms with Gasteiger partial charge in [-0.2, -0.15) is 0 Å². The van der Waals surface area contributed by atoms with E-state index in [0.29, 0.717) is 0 Å². The predicted octanol–water partition coefficient (Wildman–Crippen LogP) is 3.86. The van der Waals surface area contributed by atoms with Crippen LogP contribution < -0.4 is 5.32 Å². The Morgan fingerprint density at radius 3 is 2.80 bits per heavy atom. The number of hydrogen-bond donors (Lipinski definition) is 1. The van der Waals surface area contributed by atoms with Gasteiger partial charge in [-0.05, 0) is 32.6 Å². The molecule has 0 spiro atoms. The highest BCUT2D eigenvalue weighted by Crippen LogP contribution is 2.12. The van der Waals surface area contributed by atoms with Crippen LogP contribution in [0.15, 0.2) is 6.20 Å². The Morgan fingerprint density at radius 2 is 2.10 bits per heavy atom. The molecule has 0 saturated heterocycles. The quantitative estimate of drug-likeness (QED) is 0.626. The minimum absolute atomic E-state index is 0.795. The van der Waals surface area contributed by atoms with E-state index in [9.17, 15) is 0 Å². The molecule has 1 aromatic rings. The molecule has 0 saturated carbocycles. The largest absolute Gasteiger partial charge is 0.382 e. The third-order valence-electron chi connectivity index (χ3n) is 3.28. The lowest BCUT2D eigenvalue weighted by atomic mass is 10.1. The highest BCUT2D eigenvalue weighted by molar-refractivity contribution is 5.28. The Kier molecular flexibility index (Phi) is 8.35. The van der Waals surface area contributed by atoms with Gasteiger partial charge in [0.05, 0.1) is 5.69 Å². The van der Waals surface area contributed by atoms with Crippen LogP contribution in [0.1, 0.15) is 52.1 Å². The maximum atomic E-state index is 5.34. The first-order chi connectivity index (χ1) is 9.63. The van der Waals surface area contributed by atoms with E-state index in [1.165, 1.54) is 19.3 Å². The van der Waals surface area contributed by atoms with Crippen molar-refractivity contribution < 1.29 is 4.74 Å². The maximum absolute atomic E-state index is 5.34. The lowest BCUT2D eigenvalue weighted by molar-refractivity contribution is 0.147. The summed E-state index contributed by atoms with van der Waals surface area (Å²) in [4.78, 5) is 4.55. The number of rotatable bonds is 11. The van der Waals surface area contributed by atoms with E-state index in [0.717, 1.165) is 50.3 Å². The van der Waals surface area contributed by atoms with Crippen LogP contribution in [0.2, 0.25) is 0 Å². The number of aromatic nitrogens is 2. The zero-order valence-electron chi connectivity index (χ0n) is 13.6. The van der Waals surface area contributed by atoms with Crippen LogP contribution in [0.3, 0.4) is 0 Å². The van der Waals surface area contributed by atoms with Gasteiger partial charge < -0.3 is 14.6 Å². The van der Waals surface area contributed by atoms with Gasteiger partial charge in [-0.25, -0.2) is 4.98 Å². The molecule has 0 aliphatic rings. The molecule has 0 fully saturated rings. The molecule has 0 radical (unpaired) electrons. The number of aryl methyl sites for hydroxylation is 2. The Hall–Kier alpha value is -1.03. The Morgan fingerprint density at radius 1 is 1.30 bits per heavy atom. The molecule has 1 heterocycles. The van der Waals surface area contributed by atoms with Gasteiger partial charge in [-0.1, -0.05) is 26.7 Å². The van der Waals surface area contributed by atoms with Gasteiger partial charge in [0, 0.05) is 32.5 Å². The van der Waals surface area contributed by atoms with Crippen molar-refractivity contribution in [3.8, 4) is 0 Å². The Labute approximate surface area is 123 Å². The smallest absolute Gasteiger partial charge is 0.203 e. The third kappa shape index (κ3) is 6.94. The second-order valence-corrected chi connectivity index (χ2v) is 5.77. The fourth-order valence-electron chi connectivity index (χ4n) is 2.21. The molecule has 116 valence electrons. The highest BCUT2D eigenvalue weighted by atomic mass is 16.5. The van der Waals surface area contributed by atoms with E-state index in [1.807, 2.05) is 6.92 Å². The van der Waals surface area contributed by atoms with E-state index in [2.05, 4.69) is 41.8 Å². The monoisotopic (exact) mass is 281 g/mol. The summed E-state index contributed by atoms with van der Waals surface area (Å²) in [6, 6.07) is 0. The second kappa shape index (κ2) is 9.81. The van der Waals surface area contributed by atoms with E-state index in [4.69, 9.17) is 4.74 Å². The van der Waals surface area contributed by atoms with Crippen LogP contribution >= 0.6 is 0 Å². The van der Waals surface area contributed by atoms with Crippen molar-refractivity contribution in [2.75, 3.05) is 25.1 Å². The van der Waals surface area contributed by atoms with Gasteiger partial charge in [-0.3, -0.25) is 0 Å². The number of nitrogens with zero attached hydrogens (tertiary/aromatic N) is 2. The minimum atomic E-state index is 0.795. The van der Waals surface area contributed by atoms with Crippen molar-refractivity contribution in [2.24, 2.45) is 5.92 Å². The summed E-state index contributed by atoms with van der Waals surface area (Å²) in [5.74, 6) is 1.80. The molecule has 0 aromatic carbocycles. The summed E-state index contributed by atoms with van der Waals surface area (Å²) in [5, 5.41) is 3.41. The molecule has 1 N–H and O–H groups in total. The van der Waals surface area contributed by atoms with E-state index >= 15 is 0 Å². The summed E-state index contributed by atoms with van der Waals surface area (Å²) in [7, 11) is 0. The number of imidazole rings is 1. The zero-order chi connectivity index (χ0) is 14.8. The van der Waals surface area contributed by atoms with Gasteiger partial charge >= 0.3 is 0 Å². The van der Waals surface area contributed by atoms with Gasteiger partial charge in [0.25, 0.3) is 0 Å². The van der Waals surface area contributed by atoms with Crippen LogP contribution in [0, 0.1) is 12.8 Å². The summed E-state index contributed by atoms with van der Waals surface area (Å²) in [6.07, 6.45) is 6.98. The standard InChI is InChI=1S/C16H31N3O/c1-5-20-12-8-10-17-16-18-15(4)13-19(16)11-7-6-9-14(2)3/h13-14H,5-12H2,1-4H3,(H,17,18). The molecule has 0 aliphatic heterocycles. The minimum Gasteiger partial charge on any atom is -0.382 e. The van der Waals surface area contributed by atoms with Crippen molar-refractivity contribution in [2.45, 2.75) is 59.9 Å². The van der Waals surface area contributed by atoms with Crippen LogP contribution in [0.25, 0.3) is 0 Å². The molecule has 1 aromatic heterocycles. The number of unbranched alkanes of at least 4 members (excludes halogenated alkanes) is 1. The van der Waals surface area contributed by atoms with Gasteiger partial charge in [0.15, 0.2) is 0 Å². The molecular formula is C16H31N3O. The first-order valence-electron chi connectivity index (χ1n) is 7.98. The predicted molar refractivity (Wildman–Crippen MR) is 85.3 cm³/mol. The molecule has 0 aliphatic carbocycles. The van der Waals surface area contributed by atoms with E-state index < -0.39 is 0 Å². The van der Waals surface area contributed by atoms with E-state index in [1.54, 1.807) is 0 Å². The van der Waals surface area contributed by atoms with Crippen LogP contribution in [-0.2, 0) is 11.3 Å². The second-order valence-electron chi connectivity index (χ2n) is 5.77. The average molecular weight is 281 g/mol. The molecule has 0 atom stereocenters. The molecule has 0 amide bonds.